The Balaban J connectivity index is 0.00000161. The van der Waals surface area contributed by atoms with Gasteiger partial charge in [0.25, 0.3) is 0 Å². The molecular formula is C15H27IN4O. The normalized spacial score (nSPS) is 35.4. The minimum atomic E-state index is 0. The number of amides is 1. The molecule has 3 unspecified atom stereocenters. The Morgan fingerprint density at radius 3 is 2.90 bits per heavy atom. The quantitative estimate of drug-likeness (QED) is 0.416. The molecule has 21 heavy (non-hydrogen) atoms. The van der Waals surface area contributed by atoms with E-state index < -0.39 is 0 Å². The third-order valence-corrected chi connectivity index (χ3v) is 4.89. The van der Waals surface area contributed by atoms with Crippen molar-refractivity contribution in [2.45, 2.75) is 45.6 Å². The molecule has 1 aliphatic carbocycles. The predicted octanol–water partition coefficient (Wildman–Crippen LogP) is 1.58. The van der Waals surface area contributed by atoms with Gasteiger partial charge in [-0.05, 0) is 32.1 Å². The Morgan fingerprint density at radius 1 is 1.57 bits per heavy atom. The van der Waals surface area contributed by atoms with Gasteiger partial charge in [0.05, 0.1) is 0 Å². The number of piperidine rings is 1. The van der Waals surface area contributed by atoms with Crippen LogP contribution in [0.4, 0.5) is 0 Å². The van der Waals surface area contributed by atoms with Crippen molar-refractivity contribution in [2.75, 3.05) is 26.2 Å². The minimum Gasteiger partial charge on any atom is -0.355 e. The SMILES string of the molecule is CCN=C(NC1CC1C)N1CCCC2(CNC(=O)C2)C1.I. The second kappa shape index (κ2) is 6.71. The lowest BCUT2D eigenvalue weighted by atomic mass is 9.79. The van der Waals surface area contributed by atoms with Gasteiger partial charge in [-0.3, -0.25) is 9.79 Å². The first-order valence-electron chi connectivity index (χ1n) is 7.94. The monoisotopic (exact) mass is 406 g/mol. The Hall–Kier alpha value is -0.530. The molecule has 1 spiro atoms. The summed E-state index contributed by atoms with van der Waals surface area (Å²) in [5.74, 6) is 2.04. The molecule has 1 saturated carbocycles. The number of likely N-dealkylation sites (tertiary alicyclic amines) is 1. The van der Waals surface area contributed by atoms with Gasteiger partial charge in [-0.15, -0.1) is 24.0 Å². The zero-order chi connectivity index (χ0) is 14.2. The summed E-state index contributed by atoms with van der Waals surface area (Å²) in [5, 5.41) is 6.61. The van der Waals surface area contributed by atoms with Crippen molar-refractivity contribution >= 4 is 35.8 Å². The van der Waals surface area contributed by atoms with E-state index in [1.54, 1.807) is 0 Å². The standard InChI is InChI=1S/C15H26N4O.HI/c1-3-16-14(18-12-7-11(12)2)19-6-4-5-15(10-19)8-13(20)17-9-15;/h11-12H,3-10H2,1-2H3,(H,16,18)(H,17,20);1H. The fraction of sp³-hybridized carbons (Fsp3) is 0.867. The van der Waals surface area contributed by atoms with E-state index in [1.165, 1.54) is 6.42 Å². The van der Waals surface area contributed by atoms with E-state index in [0.29, 0.717) is 12.5 Å². The summed E-state index contributed by atoms with van der Waals surface area (Å²) < 4.78 is 0. The maximum Gasteiger partial charge on any atom is 0.220 e. The van der Waals surface area contributed by atoms with Crippen LogP contribution in [-0.4, -0.2) is 49.0 Å². The summed E-state index contributed by atoms with van der Waals surface area (Å²) in [5.41, 5.74) is 0.140. The number of hydrogen-bond donors (Lipinski definition) is 2. The van der Waals surface area contributed by atoms with Crippen molar-refractivity contribution in [3.05, 3.63) is 0 Å². The number of halogens is 1. The smallest absolute Gasteiger partial charge is 0.220 e. The van der Waals surface area contributed by atoms with Crippen molar-refractivity contribution in [2.24, 2.45) is 16.3 Å². The highest BCUT2D eigenvalue weighted by Crippen LogP contribution is 2.36. The Bertz CT molecular complexity index is 428. The summed E-state index contributed by atoms with van der Waals surface area (Å²) >= 11 is 0. The van der Waals surface area contributed by atoms with Crippen molar-refractivity contribution in [3.8, 4) is 0 Å². The van der Waals surface area contributed by atoms with E-state index in [0.717, 1.165) is 50.9 Å². The van der Waals surface area contributed by atoms with E-state index in [-0.39, 0.29) is 35.3 Å². The van der Waals surface area contributed by atoms with Crippen molar-refractivity contribution in [1.82, 2.24) is 15.5 Å². The third-order valence-electron chi connectivity index (χ3n) is 4.89. The number of nitrogens with zero attached hydrogens (tertiary/aromatic N) is 2. The molecule has 0 aromatic carbocycles. The molecule has 120 valence electrons. The van der Waals surface area contributed by atoms with Crippen LogP contribution in [0.25, 0.3) is 0 Å². The maximum atomic E-state index is 11.6. The summed E-state index contributed by atoms with van der Waals surface area (Å²) in [6.45, 7) is 8.02. The van der Waals surface area contributed by atoms with E-state index in [4.69, 9.17) is 0 Å². The Kier molecular flexibility index (Phi) is 5.38. The molecule has 6 heteroatoms. The van der Waals surface area contributed by atoms with Gasteiger partial charge in [0, 0.05) is 44.1 Å². The molecule has 2 aliphatic heterocycles. The third kappa shape index (κ3) is 3.81. The van der Waals surface area contributed by atoms with Gasteiger partial charge in [0.1, 0.15) is 0 Å². The first-order chi connectivity index (χ1) is 9.62. The lowest BCUT2D eigenvalue weighted by Crippen LogP contribution is -2.52. The molecule has 3 rings (SSSR count). The molecule has 5 nitrogen and oxygen atoms in total. The largest absolute Gasteiger partial charge is 0.355 e. The van der Waals surface area contributed by atoms with Gasteiger partial charge in [0.2, 0.25) is 5.91 Å². The fourth-order valence-electron chi connectivity index (χ4n) is 3.50. The number of rotatable bonds is 2. The van der Waals surface area contributed by atoms with Gasteiger partial charge >= 0.3 is 0 Å². The first kappa shape index (κ1) is 16.8. The number of aliphatic imine (C=N–C) groups is 1. The van der Waals surface area contributed by atoms with Crippen LogP contribution in [-0.2, 0) is 4.79 Å². The van der Waals surface area contributed by atoms with Crippen LogP contribution in [0.5, 0.6) is 0 Å². The molecule has 1 amide bonds. The molecule has 0 radical (unpaired) electrons. The highest BCUT2D eigenvalue weighted by Gasteiger charge is 2.43. The zero-order valence-electron chi connectivity index (χ0n) is 13.0. The number of carbonyl (C=O) groups is 1. The second-order valence-electron chi connectivity index (χ2n) is 6.74. The molecule has 2 saturated heterocycles. The number of hydrogen-bond acceptors (Lipinski definition) is 2. The van der Waals surface area contributed by atoms with E-state index in [9.17, 15) is 4.79 Å². The van der Waals surface area contributed by atoms with Gasteiger partial charge in [-0.1, -0.05) is 6.92 Å². The fourth-order valence-corrected chi connectivity index (χ4v) is 3.50. The van der Waals surface area contributed by atoms with Crippen LogP contribution >= 0.6 is 24.0 Å². The van der Waals surface area contributed by atoms with Crippen LogP contribution in [0.15, 0.2) is 4.99 Å². The van der Waals surface area contributed by atoms with Gasteiger partial charge in [-0.25, -0.2) is 0 Å². The lowest BCUT2D eigenvalue weighted by molar-refractivity contribution is -0.119. The average molecular weight is 406 g/mol. The predicted molar refractivity (Wildman–Crippen MR) is 95.0 cm³/mol. The minimum absolute atomic E-state index is 0. The Labute approximate surface area is 144 Å². The second-order valence-corrected chi connectivity index (χ2v) is 6.74. The molecule has 2 N–H and O–H groups in total. The van der Waals surface area contributed by atoms with Gasteiger partial charge in [0.15, 0.2) is 5.96 Å². The Morgan fingerprint density at radius 2 is 2.33 bits per heavy atom. The van der Waals surface area contributed by atoms with Crippen molar-refractivity contribution in [1.29, 1.82) is 0 Å². The highest BCUT2D eigenvalue weighted by molar-refractivity contribution is 14.0. The molecule has 0 bridgehead atoms. The molecule has 2 heterocycles. The maximum absolute atomic E-state index is 11.6. The first-order valence-corrected chi connectivity index (χ1v) is 7.94. The molecule has 0 aromatic rings. The zero-order valence-corrected chi connectivity index (χ0v) is 15.4. The average Bonchev–Trinajstić information content (AvgIpc) is 3.00. The van der Waals surface area contributed by atoms with Gasteiger partial charge in [-0.2, -0.15) is 0 Å². The van der Waals surface area contributed by atoms with Gasteiger partial charge < -0.3 is 15.5 Å². The van der Waals surface area contributed by atoms with Crippen LogP contribution in [0.1, 0.15) is 39.5 Å². The number of nitrogens with one attached hydrogen (secondary N) is 2. The number of carbonyl (C=O) groups excluding carboxylic acids is 1. The van der Waals surface area contributed by atoms with E-state index in [1.807, 2.05) is 0 Å². The summed E-state index contributed by atoms with van der Waals surface area (Å²) in [6, 6.07) is 0.599. The van der Waals surface area contributed by atoms with Crippen LogP contribution in [0, 0.1) is 11.3 Å². The molecule has 0 aromatic heterocycles. The number of guanidine groups is 1. The molecule has 3 atom stereocenters. The lowest BCUT2D eigenvalue weighted by Gasteiger charge is -2.41. The van der Waals surface area contributed by atoms with Crippen LogP contribution < -0.4 is 10.6 Å². The molecular weight excluding hydrogens is 379 g/mol. The van der Waals surface area contributed by atoms with Crippen LogP contribution in [0.2, 0.25) is 0 Å². The van der Waals surface area contributed by atoms with E-state index >= 15 is 0 Å². The molecule has 3 fully saturated rings. The summed E-state index contributed by atoms with van der Waals surface area (Å²) in [7, 11) is 0. The summed E-state index contributed by atoms with van der Waals surface area (Å²) in [4.78, 5) is 18.6. The highest BCUT2D eigenvalue weighted by atomic mass is 127. The van der Waals surface area contributed by atoms with Crippen LogP contribution in [0.3, 0.4) is 0 Å². The topological polar surface area (TPSA) is 56.7 Å². The molecule has 3 aliphatic rings. The van der Waals surface area contributed by atoms with E-state index in [2.05, 4.69) is 34.4 Å². The van der Waals surface area contributed by atoms with Crippen molar-refractivity contribution < 1.29 is 4.79 Å². The van der Waals surface area contributed by atoms with Crippen molar-refractivity contribution in [3.63, 3.8) is 0 Å². The summed E-state index contributed by atoms with van der Waals surface area (Å²) in [6.07, 6.45) is 4.24.